The van der Waals surface area contributed by atoms with Crippen molar-refractivity contribution >= 4 is 11.8 Å². The van der Waals surface area contributed by atoms with Crippen LogP contribution in [0.3, 0.4) is 0 Å². The van der Waals surface area contributed by atoms with Gasteiger partial charge in [-0.2, -0.15) is 11.8 Å². The Morgan fingerprint density at radius 2 is 1.76 bits per heavy atom. The summed E-state index contributed by atoms with van der Waals surface area (Å²) in [5, 5.41) is 3.62. The molecule has 3 heteroatoms. The second-order valence-electron chi connectivity index (χ2n) is 5.01. The van der Waals surface area contributed by atoms with E-state index in [0.29, 0.717) is 6.04 Å². The molecule has 104 valence electrons. The van der Waals surface area contributed by atoms with Gasteiger partial charge >= 0.3 is 0 Å². The molecule has 0 spiro atoms. The Hall–Kier alpha value is 0.270. The van der Waals surface area contributed by atoms with Gasteiger partial charge in [-0.25, -0.2) is 0 Å². The molecule has 0 saturated heterocycles. The molecule has 1 unspecified atom stereocenters. The Balaban J connectivity index is 3.77. The van der Waals surface area contributed by atoms with E-state index in [0.717, 1.165) is 12.5 Å². The van der Waals surface area contributed by atoms with Crippen LogP contribution in [-0.2, 0) is 0 Å². The quantitative estimate of drug-likeness (QED) is 0.575. The number of hydrogen-bond acceptors (Lipinski definition) is 3. The fraction of sp³-hybridized carbons (Fsp3) is 1.00. The Morgan fingerprint density at radius 3 is 2.24 bits per heavy atom. The fourth-order valence-corrected chi connectivity index (χ4v) is 2.84. The van der Waals surface area contributed by atoms with Gasteiger partial charge in [-0.1, -0.05) is 26.7 Å². The van der Waals surface area contributed by atoms with Gasteiger partial charge in [-0.15, -0.1) is 0 Å². The summed E-state index contributed by atoms with van der Waals surface area (Å²) < 4.78 is 0. The summed E-state index contributed by atoms with van der Waals surface area (Å²) in [6.45, 7) is 6.93. The standard InChI is InChI=1S/C14H32N2S/c1-6-13(7-2)14(16(3)4)12-15-10-8-9-11-17-5/h13-15H,6-12H2,1-5H3. The van der Waals surface area contributed by atoms with Crippen LogP contribution in [0.25, 0.3) is 0 Å². The van der Waals surface area contributed by atoms with Crippen molar-refractivity contribution in [3.63, 3.8) is 0 Å². The van der Waals surface area contributed by atoms with Crippen LogP contribution in [0, 0.1) is 5.92 Å². The van der Waals surface area contributed by atoms with Crippen molar-refractivity contribution in [2.45, 2.75) is 45.6 Å². The van der Waals surface area contributed by atoms with E-state index in [4.69, 9.17) is 0 Å². The maximum Gasteiger partial charge on any atom is 0.0242 e. The van der Waals surface area contributed by atoms with Gasteiger partial charge in [0.05, 0.1) is 0 Å². The first-order chi connectivity index (χ1) is 8.17. The van der Waals surface area contributed by atoms with Crippen molar-refractivity contribution in [2.75, 3.05) is 39.2 Å². The molecule has 0 aliphatic heterocycles. The number of nitrogens with zero attached hydrogens (tertiary/aromatic N) is 1. The minimum atomic E-state index is 0.686. The monoisotopic (exact) mass is 260 g/mol. The molecule has 0 aromatic rings. The molecule has 0 heterocycles. The van der Waals surface area contributed by atoms with Crippen molar-refractivity contribution in [1.82, 2.24) is 10.2 Å². The molecule has 0 aromatic carbocycles. The van der Waals surface area contributed by atoms with Gasteiger partial charge in [0, 0.05) is 12.6 Å². The Morgan fingerprint density at radius 1 is 1.12 bits per heavy atom. The predicted octanol–water partition coefficient (Wildman–Crippen LogP) is 3.09. The number of hydrogen-bond donors (Lipinski definition) is 1. The van der Waals surface area contributed by atoms with Gasteiger partial charge in [-0.3, -0.25) is 0 Å². The second kappa shape index (κ2) is 11.4. The molecular formula is C14H32N2S. The van der Waals surface area contributed by atoms with Crippen molar-refractivity contribution in [1.29, 1.82) is 0 Å². The van der Waals surface area contributed by atoms with Crippen LogP contribution in [-0.4, -0.2) is 50.1 Å². The third-order valence-electron chi connectivity index (χ3n) is 3.56. The van der Waals surface area contributed by atoms with E-state index in [1.165, 1.54) is 38.0 Å². The van der Waals surface area contributed by atoms with E-state index in [9.17, 15) is 0 Å². The van der Waals surface area contributed by atoms with Crippen molar-refractivity contribution < 1.29 is 0 Å². The summed E-state index contributed by atoms with van der Waals surface area (Å²) in [5.41, 5.74) is 0. The minimum Gasteiger partial charge on any atom is -0.315 e. The van der Waals surface area contributed by atoms with Crippen LogP contribution in [0.15, 0.2) is 0 Å². The molecule has 17 heavy (non-hydrogen) atoms. The lowest BCUT2D eigenvalue weighted by Crippen LogP contribution is -2.43. The molecule has 0 saturated carbocycles. The van der Waals surface area contributed by atoms with Crippen LogP contribution < -0.4 is 5.32 Å². The maximum atomic E-state index is 3.62. The predicted molar refractivity (Wildman–Crippen MR) is 82.0 cm³/mol. The average Bonchev–Trinajstić information content (AvgIpc) is 2.32. The lowest BCUT2D eigenvalue weighted by Gasteiger charge is -2.31. The summed E-state index contributed by atoms with van der Waals surface area (Å²) in [6, 6.07) is 0.686. The fourth-order valence-electron chi connectivity index (χ4n) is 2.35. The van der Waals surface area contributed by atoms with E-state index in [2.05, 4.69) is 44.4 Å². The van der Waals surface area contributed by atoms with Crippen LogP contribution >= 0.6 is 11.8 Å². The number of thioether (sulfide) groups is 1. The van der Waals surface area contributed by atoms with Crippen LogP contribution in [0.2, 0.25) is 0 Å². The topological polar surface area (TPSA) is 15.3 Å². The molecule has 0 aromatic heterocycles. The van der Waals surface area contributed by atoms with Gasteiger partial charge in [-0.05, 0) is 51.4 Å². The van der Waals surface area contributed by atoms with Crippen molar-refractivity contribution in [2.24, 2.45) is 5.92 Å². The zero-order valence-electron chi connectivity index (χ0n) is 12.5. The molecule has 1 N–H and O–H groups in total. The zero-order chi connectivity index (χ0) is 13.1. The molecule has 0 fully saturated rings. The first kappa shape index (κ1) is 17.3. The molecule has 0 amide bonds. The Bertz CT molecular complexity index is 158. The van der Waals surface area contributed by atoms with E-state index < -0.39 is 0 Å². The van der Waals surface area contributed by atoms with E-state index >= 15 is 0 Å². The molecule has 0 bridgehead atoms. The number of likely N-dealkylation sites (N-methyl/N-ethyl adjacent to an activating group) is 1. The van der Waals surface area contributed by atoms with Gasteiger partial charge in [0.15, 0.2) is 0 Å². The molecule has 1 atom stereocenters. The average molecular weight is 260 g/mol. The zero-order valence-corrected chi connectivity index (χ0v) is 13.3. The summed E-state index contributed by atoms with van der Waals surface area (Å²) in [4.78, 5) is 2.38. The third kappa shape index (κ3) is 8.06. The number of unbranched alkanes of at least 4 members (excludes halogenated alkanes) is 1. The van der Waals surface area contributed by atoms with Crippen molar-refractivity contribution in [3.05, 3.63) is 0 Å². The van der Waals surface area contributed by atoms with Gasteiger partial charge in [0.2, 0.25) is 0 Å². The van der Waals surface area contributed by atoms with E-state index in [-0.39, 0.29) is 0 Å². The largest absolute Gasteiger partial charge is 0.315 e. The summed E-state index contributed by atoms with van der Waals surface area (Å²) in [7, 11) is 4.41. The normalized spacial score (nSPS) is 13.6. The molecule has 2 nitrogen and oxygen atoms in total. The highest BCUT2D eigenvalue weighted by molar-refractivity contribution is 7.98. The highest BCUT2D eigenvalue weighted by Gasteiger charge is 2.19. The first-order valence-corrected chi connectivity index (χ1v) is 8.42. The minimum absolute atomic E-state index is 0.686. The van der Waals surface area contributed by atoms with Crippen LogP contribution in [0.5, 0.6) is 0 Å². The summed E-state index contributed by atoms with van der Waals surface area (Å²) in [5.74, 6) is 2.12. The highest BCUT2D eigenvalue weighted by Crippen LogP contribution is 2.16. The van der Waals surface area contributed by atoms with Gasteiger partial charge < -0.3 is 10.2 Å². The molecule has 0 aliphatic rings. The van der Waals surface area contributed by atoms with E-state index in [1.54, 1.807) is 0 Å². The summed E-state index contributed by atoms with van der Waals surface area (Å²) >= 11 is 1.95. The lowest BCUT2D eigenvalue weighted by atomic mass is 9.93. The lowest BCUT2D eigenvalue weighted by molar-refractivity contribution is 0.194. The molecule has 0 rings (SSSR count). The molecule has 0 radical (unpaired) electrons. The molecule has 0 aliphatic carbocycles. The van der Waals surface area contributed by atoms with Gasteiger partial charge in [0.25, 0.3) is 0 Å². The second-order valence-corrected chi connectivity index (χ2v) is 6.00. The van der Waals surface area contributed by atoms with Crippen LogP contribution in [0.1, 0.15) is 39.5 Å². The van der Waals surface area contributed by atoms with Crippen molar-refractivity contribution in [3.8, 4) is 0 Å². The Kier molecular flexibility index (Phi) is 11.5. The van der Waals surface area contributed by atoms with Crippen LogP contribution in [0.4, 0.5) is 0 Å². The summed E-state index contributed by atoms with van der Waals surface area (Å²) in [6.07, 6.45) is 7.40. The molecular weight excluding hydrogens is 228 g/mol. The number of rotatable bonds is 11. The Labute approximate surface area is 113 Å². The SMILES string of the molecule is CCC(CC)C(CNCCCCSC)N(C)C. The van der Waals surface area contributed by atoms with E-state index in [1.807, 2.05) is 11.8 Å². The highest BCUT2D eigenvalue weighted by atomic mass is 32.2. The number of nitrogens with one attached hydrogen (secondary N) is 1. The third-order valence-corrected chi connectivity index (χ3v) is 4.26. The first-order valence-electron chi connectivity index (χ1n) is 7.03. The van der Waals surface area contributed by atoms with Gasteiger partial charge in [0.1, 0.15) is 0 Å². The maximum absolute atomic E-state index is 3.62. The smallest absolute Gasteiger partial charge is 0.0242 e.